The van der Waals surface area contributed by atoms with E-state index in [1.54, 1.807) is 7.11 Å². The van der Waals surface area contributed by atoms with Crippen LogP contribution in [0.25, 0.3) is 32.6 Å². The highest BCUT2D eigenvalue weighted by Crippen LogP contribution is 2.38. The molecule has 23 heavy (non-hydrogen) atoms. The summed E-state index contributed by atoms with van der Waals surface area (Å²) in [4.78, 5) is 0. The van der Waals surface area contributed by atoms with Crippen LogP contribution < -0.4 is 14.2 Å². The molecule has 0 atom stereocenters. The van der Waals surface area contributed by atoms with E-state index in [2.05, 4.69) is 22.3 Å². The first kappa shape index (κ1) is 12.5. The van der Waals surface area contributed by atoms with E-state index >= 15 is 0 Å². The van der Waals surface area contributed by atoms with Crippen LogP contribution in [0.2, 0.25) is 0 Å². The van der Waals surface area contributed by atoms with Gasteiger partial charge in [-0.25, -0.2) is 0 Å². The van der Waals surface area contributed by atoms with E-state index in [1.165, 1.54) is 0 Å². The zero-order chi connectivity index (χ0) is 15.4. The molecule has 3 aromatic carbocycles. The number of methoxy groups -OCH3 is 1. The molecule has 0 bridgehead atoms. The summed E-state index contributed by atoms with van der Waals surface area (Å²) in [6.45, 7) is 0.250. The van der Waals surface area contributed by atoms with Gasteiger partial charge in [0, 0.05) is 22.2 Å². The van der Waals surface area contributed by atoms with Gasteiger partial charge in [-0.1, -0.05) is 12.1 Å². The lowest BCUT2D eigenvalue weighted by molar-refractivity contribution is 0.174. The fourth-order valence-electron chi connectivity index (χ4n) is 3.08. The smallest absolute Gasteiger partial charge is 0.231 e. The maximum Gasteiger partial charge on any atom is 0.231 e. The lowest BCUT2D eigenvalue weighted by atomic mass is 10.0. The summed E-state index contributed by atoms with van der Waals surface area (Å²) in [7, 11) is 1.66. The molecule has 0 saturated heterocycles. The van der Waals surface area contributed by atoms with Gasteiger partial charge in [0.25, 0.3) is 0 Å². The molecule has 1 aliphatic heterocycles. The fourth-order valence-corrected chi connectivity index (χ4v) is 3.08. The molecular formula is C18H12N2O3. The Bertz CT molecular complexity index is 1090. The predicted octanol–water partition coefficient (Wildman–Crippen LogP) is 3.67. The average molecular weight is 304 g/mol. The number of hydrogen-bond acceptors (Lipinski definition) is 5. The van der Waals surface area contributed by atoms with Crippen molar-refractivity contribution < 1.29 is 14.2 Å². The molecule has 5 heteroatoms. The number of benzene rings is 3. The molecule has 0 aliphatic carbocycles. The minimum Gasteiger partial charge on any atom is -0.497 e. The van der Waals surface area contributed by atoms with Crippen LogP contribution in [0.5, 0.6) is 17.2 Å². The van der Waals surface area contributed by atoms with Gasteiger partial charge in [0.15, 0.2) is 11.5 Å². The van der Waals surface area contributed by atoms with E-state index in [1.807, 2.05) is 30.3 Å². The van der Waals surface area contributed by atoms with Crippen LogP contribution in [0.1, 0.15) is 0 Å². The minimum absolute atomic E-state index is 0.250. The monoisotopic (exact) mass is 304 g/mol. The summed E-state index contributed by atoms with van der Waals surface area (Å²) in [5.41, 5.74) is 1.67. The Morgan fingerprint density at radius 3 is 2.57 bits per heavy atom. The number of nitrogens with zero attached hydrogens (tertiary/aromatic N) is 2. The molecule has 1 aliphatic rings. The zero-order valence-corrected chi connectivity index (χ0v) is 12.4. The Labute approximate surface area is 131 Å². The second kappa shape index (κ2) is 4.46. The average Bonchev–Trinajstić information content (AvgIpc) is 3.06. The molecule has 1 aromatic heterocycles. The van der Waals surface area contributed by atoms with Crippen LogP contribution in [0.4, 0.5) is 0 Å². The van der Waals surface area contributed by atoms with Crippen molar-refractivity contribution in [2.75, 3.05) is 13.9 Å². The molecule has 0 fully saturated rings. The van der Waals surface area contributed by atoms with Crippen molar-refractivity contribution in [3.8, 4) is 17.2 Å². The Hall–Kier alpha value is -3.08. The number of rotatable bonds is 1. The summed E-state index contributed by atoms with van der Waals surface area (Å²) in [5.74, 6) is 2.30. The third-order valence-electron chi connectivity index (χ3n) is 4.24. The molecule has 112 valence electrons. The van der Waals surface area contributed by atoms with Crippen LogP contribution in [0.15, 0.2) is 42.5 Å². The fraction of sp³-hybridized carbons (Fsp3) is 0.111. The molecule has 5 rings (SSSR count). The molecule has 4 aromatic rings. The summed E-state index contributed by atoms with van der Waals surface area (Å²) in [6.07, 6.45) is 0. The SMILES string of the molecule is COc1ccc2c(ccc3c4cc5c(cc4nnc23)OCO5)c1. The van der Waals surface area contributed by atoms with Crippen molar-refractivity contribution in [1.82, 2.24) is 10.2 Å². The topological polar surface area (TPSA) is 53.5 Å². The molecule has 5 nitrogen and oxygen atoms in total. The Morgan fingerprint density at radius 1 is 0.870 bits per heavy atom. The lowest BCUT2D eigenvalue weighted by Crippen LogP contribution is -1.92. The summed E-state index contributed by atoms with van der Waals surface area (Å²) >= 11 is 0. The molecule has 0 saturated carbocycles. The summed E-state index contributed by atoms with van der Waals surface area (Å²) in [6, 6.07) is 14.0. The van der Waals surface area contributed by atoms with Crippen LogP contribution in [0, 0.1) is 0 Å². The van der Waals surface area contributed by atoms with Gasteiger partial charge in [-0.3, -0.25) is 0 Å². The summed E-state index contributed by atoms with van der Waals surface area (Å²) < 4.78 is 16.2. The lowest BCUT2D eigenvalue weighted by Gasteiger charge is -2.08. The largest absolute Gasteiger partial charge is 0.497 e. The van der Waals surface area contributed by atoms with Gasteiger partial charge < -0.3 is 14.2 Å². The highest BCUT2D eigenvalue weighted by atomic mass is 16.7. The van der Waals surface area contributed by atoms with Crippen LogP contribution >= 0.6 is 0 Å². The predicted molar refractivity (Wildman–Crippen MR) is 87.2 cm³/mol. The number of aromatic nitrogens is 2. The molecule has 0 N–H and O–H groups in total. The molecule has 2 heterocycles. The van der Waals surface area contributed by atoms with Crippen LogP contribution in [-0.2, 0) is 0 Å². The van der Waals surface area contributed by atoms with E-state index in [0.717, 1.165) is 49.8 Å². The van der Waals surface area contributed by atoms with Crippen LogP contribution in [-0.4, -0.2) is 24.1 Å². The van der Waals surface area contributed by atoms with Gasteiger partial charge >= 0.3 is 0 Å². The standard InChI is InChI=1S/C18H12N2O3/c1-21-11-3-5-12-10(6-11)2-4-13-14-7-16-17(23-9-22-16)8-15(14)19-20-18(12)13/h2-8H,9H2,1H3. The summed E-state index contributed by atoms with van der Waals surface area (Å²) in [5, 5.41) is 13.0. The van der Waals surface area contributed by atoms with Gasteiger partial charge in [0.1, 0.15) is 11.3 Å². The molecule has 0 radical (unpaired) electrons. The van der Waals surface area contributed by atoms with E-state index in [4.69, 9.17) is 14.2 Å². The Morgan fingerprint density at radius 2 is 1.70 bits per heavy atom. The van der Waals surface area contributed by atoms with Gasteiger partial charge in [0.2, 0.25) is 6.79 Å². The third kappa shape index (κ3) is 1.73. The second-order valence-electron chi connectivity index (χ2n) is 5.47. The third-order valence-corrected chi connectivity index (χ3v) is 4.24. The van der Waals surface area contributed by atoms with Gasteiger partial charge in [-0.2, -0.15) is 0 Å². The highest BCUT2D eigenvalue weighted by Gasteiger charge is 2.17. The minimum atomic E-state index is 0.250. The normalized spacial score (nSPS) is 13.1. The highest BCUT2D eigenvalue weighted by molar-refractivity contribution is 6.14. The molecule has 0 spiro atoms. The quantitative estimate of drug-likeness (QED) is 0.502. The van der Waals surface area contributed by atoms with Crippen molar-refractivity contribution in [3.63, 3.8) is 0 Å². The number of ether oxygens (including phenoxy) is 3. The first-order chi connectivity index (χ1) is 11.3. The second-order valence-corrected chi connectivity index (χ2v) is 5.47. The maximum absolute atomic E-state index is 5.49. The maximum atomic E-state index is 5.49. The number of hydrogen-bond donors (Lipinski definition) is 0. The molecule has 0 amide bonds. The Kier molecular flexibility index (Phi) is 2.42. The van der Waals surface area contributed by atoms with Crippen molar-refractivity contribution in [2.45, 2.75) is 0 Å². The first-order valence-corrected chi connectivity index (χ1v) is 7.30. The zero-order valence-electron chi connectivity index (χ0n) is 12.4. The van der Waals surface area contributed by atoms with Gasteiger partial charge in [-0.05, 0) is 29.7 Å². The van der Waals surface area contributed by atoms with E-state index < -0.39 is 0 Å². The van der Waals surface area contributed by atoms with E-state index in [0.29, 0.717) is 0 Å². The van der Waals surface area contributed by atoms with Crippen molar-refractivity contribution in [2.24, 2.45) is 0 Å². The molecular weight excluding hydrogens is 292 g/mol. The first-order valence-electron chi connectivity index (χ1n) is 7.30. The van der Waals surface area contributed by atoms with Gasteiger partial charge in [-0.15, -0.1) is 10.2 Å². The van der Waals surface area contributed by atoms with Gasteiger partial charge in [0.05, 0.1) is 12.6 Å². The van der Waals surface area contributed by atoms with Crippen molar-refractivity contribution in [1.29, 1.82) is 0 Å². The van der Waals surface area contributed by atoms with Crippen molar-refractivity contribution in [3.05, 3.63) is 42.5 Å². The van der Waals surface area contributed by atoms with E-state index in [-0.39, 0.29) is 6.79 Å². The Balaban J connectivity index is 1.89. The van der Waals surface area contributed by atoms with Crippen molar-refractivity contribution >= 4 is 32.6 Å². The van der Waals surface area contributed by atoms with Crippen LogP contribution in [0.3, 0.4) is 0 Å². The molecule has 0 unspecified atom stereocenters. The number of fused-ring (bicyclic) bond motifs is 6. The van der Waals surface area contributed by atoms with E-state index in [9.17, 15) is 0 Å².